The summed E-state index contributed by atoms with van der Waals surface area (Å²) in [6, 6.07) is 0. The van der Waals surface area contributed by atoms with Gasteiger partial charge in [0.2, 0.25) is 0 Å². The second kappa shape index (κ2) is 5.92. The van der Waals surface area contributed by atoms with Crippen molar-refractivity contribution < 1.29 is 9.84 Å². The molecule has 1 aromatic rings. The van der Waals surface area contributed by atoms with Crippen molar-refractivity contribution in [3.8, 4) is 5.75 Å². The second-order valence-corrected chi connectivity index (χ2v) is 5.25. The lowest BCUT2D eigenvalue weighted by Gasteiger charge is -2.38. The monoisotopic (exact) mass is 267 g/mol. The Labute approximate surface area is 115 Å². The third-order valence-electron chi connectivity index (χ3n) is 3.99. The van der Waals surface area contributed by atoms with Crippen molar-refractivity contribution in [1.29, 1.82) is 0 Å². The molecule has 0 bridgehead atoms. The van der Waals surface area contributed by atoms with Gasteiger partial charge in [-0.15, -0.1) is 0 Å². The van der Waals surface area contributed by atoms with Crippen LogP contribution in [0.1, 0.15) is 38.8 Å². The lowest BCUT2D eigenvalue weighted by Crippen LogP contribution is -2.44. The minimum Gasteiger partial charge on any atom is -0.493 e. The van der Waals surface area contributed by atoms with Crippen molar-refractivity contribution >= 4 is 0 Å². The van der Waals surface area contributed by atoms with Gasteiger partial charge in [-0.25, -0.2) is 0 Å². The maximum atomic E-state index is 11.0. The van der Waals surface area contributed by atoms with Crippen LogP contribution in [0, 0.1) is 0 Å². The lowest BCUT2D eigenvalue weighted by molar-refractivity contribution is -0.0340. The van der Waals surface area contributed by atoms with E-state index in [2.05, 4.69) is 16.9 Å². The molecule has 0 saturated carbocycles. The number of rotatable bonds is 5. The van der Waals surface area contributed by atoms with E-state index in [1.54, 1.807) is 13.3 Å². The normalized spacial score (nSPS) is 19.6. The zero-order valence-electron chi connectivity index (χ0n) is 12.2. The van der Waals surface area contributed by atoms with Gasteiger partial charge in [0.15, 0.2) is 5.75 Å². The average Bonchev–Trinajstić information content (AvgIpc) is 2.85. The van der Waals surface area contributed by atoms with Crippen molar-refractivity contribution in [2.24, 2.45) is 0 Å². The van der Waals surface area contributed by atoms with Crippen LogP contribution in [0.15, 0.2) is 6.20 Å². The summed E-state index contributed by atoms with van der Waals surface area (Å²) in [5, 5.41) is 15.3. The van der Waals surface area contributed by atoms with E-state index in [0.29, 0.717) is 5.75 Å². The van der Waals surface area contributed by atoms with Gasteiger partial charge in [-0.2, -0.15) is 5.10 Å². The van der Waals surface area contributed by atoms with Gasteiger partial charge in [0.05, 0.1) is 13.3 Å². The molecule has 0 spiro atoms. The molecule has 0 radical (unpaired) electrons. The number of hydrogen-bond acceptors (Lipinski definition) is 4. The highest BCUT2D eigenvalue weighted by molar-refractivity contribution is 5.31. The summed E-state index contributed by atoms with van der Waals surface area (Å²) >= 11 is 0. The second-order valence-electron chi connectivity index (χ2n) is 5.25. The van der Waals surface area contributed by atoms with E-state index < -0.39 is 5.60 Å². The molecule has 1 aromatic heterocycles. The van der Waals surface area contributed by atoms with Crippen LogP contribution < -0.4 is 4.74 Å². The van der Waals surface area contributed by atoms with Gasteiger partial charge >= 0.3 is 0 Å². The number of nitrogens with zero attached hydrogens (tertiary/aromatic N) is 3. The summed E-state index contributed by atoms with van der Waals surface area (Å²) in [7, 11) is 1.64. The number of methoxy groups -OCH3 is 1. The molecule has 0 atom stereocenters. The molecule has 0 unspecified atom stereocenters. The zero-order valence-corrected chi connectivity index (χ0v) is 12.2. The van der Waals surface area contributed by atoms with E-state index in [4.69, 9.17) is 4.74 Å². The molecule has 1 aliphatic rings. The van der Waals surface area contributed by atoms with Crippen molar-refractivity contribution in [3.05, 3.63) is 11.9 Å². The Bertz CT molecular complexity index is 387. The summed E-state index contributed by atoms with van der Waals surface area (Å²) < 4.78 is 7.22. The minimum absolute atomic E-state index is 0.702. The maximum Gasteiger partial charge on any atom is 0.162 e. The summed E-state index contributed by atoms with van der Waals surface area (Å²) in [6.45, 7) is 7.95. The molecule has 1 aliphatic heterocycles. The highest BCUT2D eigenvalue weighted by Crippen LogP contribution is 2.38. The van der Waals surface area contributed by atoms with Gasteiger partial charge in [0.1, 0.15) is 11.3 Å². The molecule has 0 aromatic carbocycles. The first-order chi connectivity index (χ1) is 9.14. The first-order valence-corrected chi connectivity index (χ1v) is 7.19. The predicted octanol–water partition coefficient (Wildman–Crippen LogP) is 1.60. The van der Waals surface area contributed by atoms with Crippen LogP contribution in [0.2, 0.25) is 0 Å². The fourth-order valence-corrected chi connectivity index (χ4v) is 2.93. The van der Waals surface area contributed by atoms with E-state index in [1.165, 1.54) is 0 Å². The van der Waals surface area contributed by atoms with Gasteiger partial charge < -0.3 is 14.7 Å². The Balaban J connectivity index is 2.19. The molecule has 19 heavy (non-hydrogen) atoms. The minimum atomic E-state index is -0.803. The molecule has 1 N–H and O–H groups in total. The fraction of sp³-hybridized carbons (Fsp3) is 0.786. The molecule has 5 nitrogen and oxygen atoms in total. The van der Waals surface area contributed by atoms with Crippen LogP contribution in [0.4, 0.5) is 0 Å². The molecule has 1 fully saturated rings. The molecule has 0 aliphatic carbocycles. The molecule has 2 rings (SSSR count). The number of ether oxygens (including phenoxy) is 1. The van der Waals surface area contributed by atoms with Crippen LogP contribution in [-0.2, 0) is 12.1 Å². The highest BCUT2D eigenvalue weighted by Gasteiger charge is 2.39. The number of likely N-dealkylation sites (tertiary alicyclic amines) is 1. The molecular weight excluding hydrogens is 242 g/mol. The summed E-state index contributed by atoms with van der Waals surface area (Å²) in [4.78, 5) is 2.41. The van der Waals surface area contributed by atoms with E-state index in [9.17, 15) is 5.11 Å². The number of aliphatic hydroxyl groups is 1. The third kappa shape index (κ3) is 2.77. The molecule has 1 saturated heterocycles. The Hall–Kier alpha value is -1.07. The SMILES string of the molecule is CCCN1CCC(O)(c2c(OC)cnn2CC)CC1. The standard InChI is InChI=1S/C14H25N3O2/c1-4-8-16-9-6-14(18,7-10-16)13-12(19-3)11-15-17(13)5-2/h11,18H,4-10H2,1-3H3. The molecule has 2 heterocycles. The van der Waals surface area contributed by atoms with Crippen LogP contribution in [0.5, 0.6) is 5.75 Å². The van der Waals surface area contributed by atoms with Gasteiger partial charge in [0.25, 0.3) is 0 Å². The third-order valence-corrected chi connectivity index (χ3v) is 3.99. The zero-order chi connectivity index (χ0) is 13.9. The molecular formula is C14H25N3O2. The van der Waals surface area contributed by atoms with Crippen LogP contribution in [0.25, 0.3) is 0 Å². The van der Waals surface area contributed by atoms with Crippen molar-refractivity contribution in [3.63, 3.8) is 0 Å². The van der Waals surface area contributed by atoms with Crippen LogP contribution in [-0.4, -0.2) is 46.5 Å². The van der Waals surface area contributed by atoms with Gasteiger partial charge in [-0.05, 0) is 32.7 Å². The predicted molar refractivity (Wildman–Crippen MR) is 74.3 cm³/mol. The highest BCUT2D eigenvalue weighted by atomic mass is 16.5. The van der Waals surface area contributed by atoms with E-state index in [0.717, 1.165) is 51.1 Å². The molecule has 108 valence electrons. The number of aryl methyl sites for hydroxylation is 1. The molecule has 5 heteroatoms. The van der Waals surface area contributed by atoms with Gasteiger partial charge in [0, 0.05) is 19.6 Å². The topological polar surface area (TPSA) is 50.5 Å². The number of aromatic nitrogens is 2. The van der Waals surface area contributed by atoms with Crippen LogP contribution in [0.3, 0.4) is 0 Å². The van der Waals surface area contributed by atoms with Crippen molar-refractivity contribution in [1.82, 2.24) is 14.7 Å². The quantitative estimate of drug-likeness (QED) is 0.880. The van der Waals surface area contributed by atoms with Gasteiger partial charge in [-0.1, -0.05) is 6.92 Å². The summed E-state index contributed by atoms with van der Waals surface area (Å²) in [5.74, 6) is 0.702. The smallest absolute Gasteiger partial charge is 0.162 e. The fourth-order valence-electron chi connectivity index (χ4n) is 2.93. The van der Waals surface area contributed by atoms with Crippen molar-refractivity contribution in [2.45, 2.75) is 45.3 Å². The largest absolute Gasteiger partial charge is 0.493 e. The number of piperidine rings is 1. The van der Waals surface area contributed by atoms with Crippen LogP contribution >= 0.6 is 0 Å². The Morgan fingerprint density at radius 1 is 1.37 bits per heavy atom. The number of hydrogen-bond donors (Lipinski definition) is 1. The van der Waals surface area contributed by atoms with E-state index >= 15 is 0 Å². The average molecular weight is 267 g/mol. The van der Waals surface area contributed by atoms with E-state index in [1.807, 2.05) is 11.6 Å². The summed E-state index contributed by atoms with van der Waals surface area (Å²) in [6.07, 6.45) is 4.36. The van der Waals surface area contributed by atoms with Crippen molar-refractivity contribution in [2.75, 3.05) is 26.7 Å². The Morgan fingerprint density at radius 2 is 2.05 bits per heavy atom. The molecule has 0 amide bonds. The lowest BCUT2D eigenvalue weighted by atomic mass is 9.87. The first kappa shape index (κ1) is 14.3. The first-order valence-electron chi connectivity index (χ1n) is 7.19. The summed E-state index contributed by atoms with van der Waals surface area (Å²) in [5.41, 5.74) is 0.0379. The van der Waals surface area contributed by atoms with Gasteiger partial charge in [-0.3, -0.25) is 4.68 Å². The Morgan fingerprint density at radius 3 is 2.58 bits per heavy atom. The Kier molecular flexibility index (Phi) is 4.47. The van der Waals surface area contributed by atoms with E-state index in [-0.39, 0.29) is 0 Å². The maximum absolute atomic E-state index is 11.0.